The number of hydrogen-bond acceptors (Lipinski definition) is 5. The highest BCUT2D eigenvalue weighted by Crippen LogP contribution is 2.26. The van der Waals surface area contributed by atoms with E-state index in [9.17, 15) is 4.79 Å². The first-order valence-electron chi connectivity index (χ1n) is 6.11. The summed E-state index contributed by atoms with van der Waals surface area (Å²) >= 11 is 1.37. The molecule has 0 saturated heterocycles. The van der Waals surface area contributed by atoms with Crippen molar-refractivity contribution in [1.29, 1.82) is 0 Å². The highest BCUT2D eigenvalue weighted by atomic mass is 32.1. The maximum atomic E-state index is 11.8. The van der Waals surface area contributed by atoms with Crippen LogP contribution in [0.2, 0.25) is 0 Å². The van der Waals surface area contributed by atoms with Crippen LogP contribution in [0.3, 0.4) is 0 Å². The summed E-state index contributed by atoms with van der Waals surface area (Å²) in [5.41, 5.74) is 1.46. The fraction of sp³-hybridized carbons (Fsp3) is 0.214. The van der Waals surface area contributed by atoms with Gasteiger partial charge in [-0.25, -0.2) is 4.79 Å². The second-order valence-electron chi connectivity index (χ2n) is 4.26. The molecule has 0 fully saturated rings. The molecule has 19 heavy (non-hydrogen) atoms. The predicted molar refractivity (Wildman–Crippen MR) is 75.5 cm³/mol. The Kier molecular flexibility index (Phi) is 3.13. The van der Waals surface area contributed by atoms with Gasteiger partial charge in [-0.05, 0) is 41.5 Å². The topological polar surface area (TPSA) is 52.1 Å². The molecule has 3 rings (SSSR count). The molecule has 0 bridgehead atoms. The van der Waals surface area contributed by atoms with E-state index in [2.05, 4.69) is 9.59 Å². The van der Waals surface area contributed by atoms with Gasteiger partial charge in [-0.1, -0.05) is 23.5 Å². The molecule has 0 aliphatic heterocycles. The SMILES string of the molecule is CCCOC(=O)c1ccc2c(ccc3snnc32)c1. The lowest BCUT2D eigenvalue weighted by Crippen LogP contribution is -2.05. The molecule has 0 spiro atoms. The van der Waals surface area contributed by atoms with Crippen LogP contribution in [0, 0.1) is 0 Å². The van der Waals surface area contributed by atoms with E-state index in [1.165, 1.54) is 11.5 Å². The number of carbonyl (C=O) groups is 1. The first-order chi connectivity index (χ1) is 9.29. The van der Waals surface area contributed by atoms with Gasteiger partial charge in [0.1, 0.15) is 5.52 Å². The molecule has 0 unspecified atom stereocenters. The van der Waals surface area contributed by atoms with Crippen molar-refractivity contribution in [2.75, 3.05) is 6.61 Å². The molecule has 0 N–H and O–H groups in total. The lowest BCUT2D eigenvalue weighted by molar-refractivity contribution is 0.0505. The van der Waals surface area contributed by atoms with E-state index in [1.807, 2.05) is 31.2 Å². The Hall–Kier alpha value is -2.01. The van der Waals surface area contributed by atoms with E-state index in [4.69, 9.17) is 4.74 Å². The molecular formula is C14H12N2O2S. The number of fused-ring (bicyclic) bond motifs is 3. The summed E-state index contributed by atoms with van der Waals surface area (Å²) in [6.45, 7) is 2.42. The van der Waals surface area contributed by atoms with E-state index in [0.29, 0.717) is 12.2 Å². The van der Waals surface area contributed by atoms with Gasteiger partial charge in [0, 0.05) is 5.39 Å². The van der Waals surface area contributed by atoms with Crippen molar-refractivity contribution in [3.63, 3.8) is 0 Å². The standard InChI is InChI=1S/C14H12N2O2S/c1-2-7-18-14(17)10-3-5-11-9(8-10)4-6-12-13(11)15-16-19-12/h3-6,8H,2,7H2,1H3. The van der Waals surface area contributed by atoms with Gasteiger partial charge in [0.2, 0.25) is 0 Å². The first kappa shape index (κ1) is 12.0. The van der Waals surface area contributed by atoms with E-state index in [1.54, 1.807) is 6.07 Å². The fourth-order valence-corrected chi connectivity index (χ4v) is 2.56. The molecule has 0 radical (unpaired) electrons. The predicted octanol–water partition coefficient (Wildman–Crippen LogP) is 3.41. The van der Waals surface area contributed by atoms with Crippen LogP contribution in [0.15, 0.2) is 30.3 Å². The van der Waals surface area contributed by atoms with Gasteiger partial charge in [0.25, 0.3) is 0 Å². The first-order valence-corrected chi connectivity index (χ1v) is 6.89. The summed E-state index contributed by atoms with van der Waals surface area (Å²) in [5.74, 6) is -0.278. The lowest BCUT2D eigenvalue weighted by atomic mass is 10.1. The van der Waals surface area contributed by atoms with Gasteiger partial charge in [-0.2, -0.15) is 0 Å². The molecule has 0 saturated carbocycles. The van der Waals surface area contributed by atoms with Crippen molar-refractivity contribution in [3.8, 4) is 0 Å². The number of carbonyl (C=O) groups excluding carboxylic acids is 1. The van der Waals surface area contributed by atoms with Gasteiger partial charge in [-0.3, -0.25) is 0 Å². The molecule has 2 aromatic carbocycles. The number of hydrogen-bond donors (Lipinski definition) is 0. The van der Waals surface area contributed by atoms with Gasteiger partial charge in [-0.15, -0.1) is 5.10 Å². The highest BCUT2D eigenvalue weighted by Gasteiger charge is 2.10. The van der Waals surface area contributed by atoms with Crippen molar-refractivity contribution in [3.05, 3.63) is 35.9 Å². The minimum absolute atomic E-state index is 0.278. The molecular weight excluding hydrogens is 260 g/mol. The van der Waals surface area contributed by atoms with E-state index in [-0.39, 0.29) is 5.97 Å². The number of rotatable bonds is 3. The second kappa shape index (κ2) is 4.93. The van der Waals surface area contributed by atoms with Gasteiger partial charge >= 0.3 is 5.97 Å². The summed E-state index contributed by atoms with van der Waals surface area (Å²) in [7, 11) is 0. The van der Waals surface area contributed by atoms with Crippen LogP contribution < -0.4 is 0 Å². The average molecular weight is 272 g/mol. The summed E-state index contributed by atoms with van der Waals surface area (Å²) < 4.78 is 10.1. The molecule has 4 nitrogen and oxygen atoms in total. The zero-order valence-corrected chi connectivity index (χ0v) is 11.2. The van der Waals surface area contributed by atoms with Crippen LogP contribution in [0.1, 0.15) is 23.7 Å². The third kappa shape index (κ3) is 2.17. The monoisotopic (exact) mass is 272 g/mol. The van der Waals surface area contributed by atoms with Crippen LogP contribution in [0.25, 0.3) is 21.0 Å². The van der Waals surface area contributed by atoms with E-state index >= 15 is 0 Å². The van der Waals surface area contributed by atoms with Crippen LogP contribution >= 0.6 is 11.5 Å². The largest absolute Gasteiger partial charge is 0.462 e. The molecule has 1 heterocycles. The Balaban J connectivity index is 2.06. The van der Waals surface area contributed by atoms with Crippen molar-refractivity contribution in [2.45, 2.75) is 13.3 Å². The molecule has 0 aliphatic rings. The van der Waals surface area contributed by atoms with Gasteiger partial charge in [0.05, 0.1) is 16.9 Å². The lowest BCUT2D eigenvalue weighted by Gasteiger charge is -2.04. The smallest absolute Gasteiger partial charge is 0.338 e. The van der Waals surface area contributed by atoms with Crippen molar-refractivity contribution in [1.82, 2.24) is 9.59 Å². The van der Waals surface area contributed by atoms with E-state index < -0.39 is 0 Å². The summed E-state index contributed by atoms with van der Waals surface area (Å²) in [4.78, 5) is 11.8. The van der Waals surface area contributed by atoms with Crippen LogP contribution in [-0.4, -0.2) is 22.2 Å². The van der Waals surface area contributed by atoms with Gasteiger partial charge in [0.15, 0.2) is 0 Å². The summed E-state index contributed by atoms with van der Waals surface area (Å²) in [5, 5.41) is 6.11. The molecule has 0 aliphatic carbocycles. The fourth-order valence-electron chi connectivity index (χ4n) is 1.98. The third-order valence-electron chi connectivity index (χ3n) is 2.91. The second-order valence-corrected chi connectivity index (χ2v) is 5.04. The van der Waals surface area contributed by atoms with Crippen molar-refractivity contribution >= 4 is 38.5 Å². The molecule has 1 aromatic heterocycles. The highest BCUT2D eigenvalue weighted by molar-refractivity contribution is 7.13. The van der Waals surface area contributed by atoms with Crippen LogP contribution in [0.4, 0.5) is 0 Å². The quantitative estimate of drug-likeness (QED) is 0.686. The normalized spacial score (nSPS) is 11.0. The number of ether oxygens (including phenoxy) is 1. The number of benzene rings is 2. The van der Waals surface area contributed by atoms with Crippen LogP contribution in [0.5, 0.6) is 0 Å². The van der Waals surface area contributed by atoms with E-state index in [0.717, 1.165) is 27.4 Å². The van der Waals surface area contributed by atoms with Crippen molar-refractivity contribution in [2.24, 2.45) is 0 Å². The minimum Gasteiger partial charge on any atom is -0.462 e. The Morgan fingerprint density at radius 3 is 3.05 bits per heavy atom. The zero-order valence-electron chi connectivity index (χ0n) is 10.4. The third-order valence-corrected chi connectivity index (χ3v) is 3.60. The maximum Gasteiger partial charge on any atom is 0.338 e. The molecule has 3 aromatic rings. The Labute approximate surface area is 114 Å². The summed E-state index contributed by atoms with van der Waals surface area (Å²) in [6, 6.07) is 9.48. The molecule has 0 amide bonds. The number of esters is 1. The average Bonchev–Trinajstić information content (AvgIpc) is 2.92. The Morgan fingerprint density at radius 2 is 2.21 bits per heavy atom. The molecule has 0 atom stereocenters. The minimum atomic E-state index is -0.278. The Bertz CT molecular complexity index is 751. The Morgan fingerprint density at radius 1 is 1.32 bits per heavy atom. The summed E-state index contributed by atoms with van der Waals surface area (Å²) in [6.07, 6.45) is 0.824. The van der Waals surface area contributed by atoms with Crippen molar-refractivity contribution < 1.29 is 9.53 Å². The molecule has 96 valence electrons. The number of aromatic nitrogens is 2. The molecule has 5 heteroatoms. The number of nitrogens with zero attached hydrogens (tertiary/aromatic N) is 2. The van der Waals surface area contributed by atoms with Crippen LogP contribution in [-0.2, 0) is 4.74 Å². The maximum absolute atomic E-state index is 11.8. The zero-order chi connectivity index (χ0) is 13.2. The van der Waals surface area contributed by atoms with Gasteiger partial charge < -0.3 is 4.74 Å².